The highest BCUT2D eigenvalue weighted by Gasteiger charge is 1.88. The van der Waals surface area contributed by atoms with Crippen molar-refractivity contribution in [2.75, 3.05) is 0 Å². The quantitative estimate of drug-likeness (QED) is 0.364. The van der Waals surface area contributed by atoms with Crippen molar-refractivity contribution < 1.29 is 0 Å². The van der Waals surface area contributed by atoms with Crippen molar-refractivity contribution >= 4 is 0 Å². The standard InChI is InChI=1S/C12H24/c1-3-5-7-9-11-12-10-8-6-4-2/h3,5H,4,6-12H2,1-2H3/b5-3+. The Labute approximate surface area is 78.1 Å². The lowest BCUT2D eigenvalue weighted by Gasteiger charge is -1.98. The molecule has 0 atom stereocenters. The van der Waals surface area contributed by atoms with E-state index in [1.165, 1.54) is 51.4 Å². The molecule has 0 spiro atoms. The van der Waals surface area contributed by atoms with Gasteiger partial charge in [0, 0.05) is 0 Å². The summed E-state index contributed by atoms with van der Waals surface area (Å²) in [5.41, 5.74) is 0. The topological polar surface area (TPSA) is 0 Å². The molecule has 0 saturated heterocycles. The van der Waals surface area contributed by atoms with E-state index in [0.29, 0.717) is 0 Å². The third-order valence-electron chi connectivity index (χ3n) is 2.21. The number of unbranched alkanes of at least 4 members (excludes halogenated alkanes) is 7. The lowest BCUT2D eigenvalue weighted by Crippen LogP contribution is -1.78. The first-order valence-corrected chi connectivity index (χ1v) is 5.53. The minimum atomic E-state index is 1.28. The van der Waals surface area contributed by atoms with Crippen molar-refractivity contribution in [3.05, 3.63) is 12.2 Å². The second-order valence-electron chi connectivity index (χ2n) is 3.48. The second-order valence-corrected chi connectivity index (χ2v) is 3.48. The van der Waals surface area contributed by atoms with Gasteiger partial charge in [0.15, 0.2) is 0 Å². The Morgan fingerprint density at radius 2 is 1.42 bits per heavy atom. The van der Waals surface area contributed by atoms with Crippen molar-refractivity contribution in [1.82, 2.24) is 0 Å². The van der Waals surface area contributed by atoms with E-state index in [4.69, 9.17) is 0 Å². The van der Waals surface area contributed by atoms with Gasteiger partial charge < -0.3 is 0 Å². The molecule has 0 bridgehead atoms. The molecule has 0 radical (unpaired) electrons. The van der Waals surface area contributed by atoms with Crippen molar-refractivity contribution in [1.29, 1.82) is 0 Å². The lowest BCUT2D eigenvalue weighted by atomic mass is 10.1. The van der Waals surface area contributed by atoms with E-state index < -0.39 is 0 Å². The van der Waals surface area contributed by atoms with Crippen molar-refractivity contribution in [2.45, 2.75) is 65.2 Å². The van der Waals surface area contributed by atoms with Crippen LogP contribution in [0.25, 0.3) is 0 Å². The highest BCUT2D eigenvalue weighted by atomic mass is 13.9. The van der Waals surface area contributed by atoms with E-state index in [9.17, 15) is 0 Å². The molecule has 0 heteroatoms. The predicted octanol–water partition coefficient (Wildman–Crippen LogP) is 4.70. The van der Waals surface area contributed by atoms with Gasteiger partial charge >= 0.3 is 0 Å². The van der Waals surface area contributed by atoms with Crippen LogP contribution in [0, 0.1) is 0 Å². The van der Waals surface area contributed by atoms with Crippen LogP contribution in [0.15, 0.2) is 12.2 Å². The summed E-state index contributed by atoms with van der Waals surface area (Å²) in [5.74, 6) is 0. The molecule has 12 heavy (non-hydrogen) atoms. The summed E-state index contributed by atoms with van der Waals surface area (Å²) in [6, 6.07) is 0. The fraction of sp³-hybridized carbons (Fsp3) is 0.833. The van der Waals surface area contributed by atoms with E-state index >= 15 is 0 Å². The van der Waals surface area contributed by atoms with Crippen LogP contribution < -0.4 is 0 Å². The Hall–Kier alpha value is -0.260. The smallest absolute Gasteiger partial charge is 0.0351 e. The largest absolute Gasteiger partial charge is 0.0917 e. The first-order chi connectivity index (χ1) is 5.91. The third-order valence-corrected chi connectivity index (χ3v) is 2.21. The molecule has 0 aromatic heterocycles. The normalized spacial score (nSPS) is 11.2. The molecule has 0 N–H and O–H groups in total. The van der Waals surface area contributed by atoms with Crippen molar-refractivity contribution in [2.24, 2.45) is 0 Å². The Kier molecular flexibility index (Phi) is 10.5. The van der Waals surface area contributed by atoms with Crippen LogP contribution in [-0.2, 0) is 0 Å². The van der Waals surface area contributed by atoms with Gasteiger partial charge in [0.2, 0.25) is 0 Å². The number of hydrogen-bond donors (Lipinski definition) is 0. The fourth-order valence-corrected chi connectivity index (χ4v) is 1.39. The summed E-state index contributed by atoms with van der Waals surface area (Å²) >= 11 is 0. The van der Waals surface area contributed by atoms with Crippen LogP contribution >= 0.6 is 0 Å². The van der Waals surface area contributed by atoms with Gasteiger partial charge in [-0.3, -0.25) is 0 Å². The Balaban J connectivity index is 2.81. The summed E-state index contributed by atoms with van der Waals surface area (Å²) in [7, 11) is 0. The van der Waals surface area contributed by atoms with Crippen molar-refractivity contribution in [3.63, 3.8) is 0 Å². The zero-order valence-electron chi connectivity index (χ0n) is 8.81. The SMILES string of the molecule is C/C=C/CCCCCCCCC. The molecular formula is C12H24. The van der Waals surface area contributed by atoms with E-state index in [2.05, 4.69) is 26.0 Å². The van der Waals surface area contributed by atoms with Gasteiger partial charge in [0.05, 0.1) is 0 Å². The number of rotatable bonds is 8. The van der Waals surface area contributed by atoms with E-state index in [1.54, 1.807) is 0 Å². The first kappa shape index (κ1) is 11.7. The van der Waals surface area contributed by atoms with E-state index in [-0.39, 0.29) is 0 Å². The van der Waals surface area contributed by atoms with E-state index in [1.807, 2.05) is 0 Å². The molecule has 0 aliphatic rings. The molecule has 0 unspecified atom stereocenters. The van der Waals surface area contributed by atoms with Crippen LogP contribution in [0.3, 0.4) is 0 Å². The number of hydrogen-bond acceptors (Lipinski definition) is 0. The monoisotopic (exact) mass is 168 g/mol. The van der Waals surface area contributed by atoms with Gasteiger partial charge in [-0.2, -0.15) is 0 Å². The zero-order valence-corrected chi connectivity index (χ0v) is 8.81. The molecule has 0 aliphatic carbocycles. The Morgan fingerprint density at radius 1 is 0.833 bits per heavy atom. The van der Waals surface area contributed by atoms with Crippen LogP contribution in [0.1, 0.15) is 65.2 Å². The molecule has 0 aromatic rings. The molecule has 72 valence electrons. The molecule has 0 aliphatic heterocycles. The van der Waals surface area contributed by atoms with Gasteiger partial charge in [-0.25, -0.2) is 0 Å². The highest BCUT2D eigenvalue weighted by molar-refractivity contribution is 4.76. The molecule has 0 heterocycles. The minimum absolute atomic E-state index is 1.28. The second kappa shape index (κ2) is 10.7. The molecular weight excluding hydrogens is 144 g/mol. The summed E-state index contributed by atoms with van der Waals surface area (Å²) in [5, 5.41) is 0. The Bertz CT molecular complexity index is 92.2. The number of allylic oxidation sites excluding steroid dienone is 2. The molecule has 0 nitrogen and oxygen atoms in total. The first-order valence-electron chi connectivity index (χ1n) is 5.53. The molecule has 0 aromatic carbocycles. The minimum Gasteiger partial charge on any atom is -0.0917 e. The average Bonchev–Trinajstić information content (AvgIpc) is 2.10. The van der Waals surface area contributed by atoms with Crippen LogP contribution in [0.4, 0.5) is 0 Å². The molecule has 0 fully saturated rings. The summed E-state index contributed by atoms with van der Waals surface area (Å²) in [6.45, 7) is 4.37. The predicted molar refractivity (Wildman–Crippen MR) is 57.4 cm³/mol. The summed E-state index contributed by atoms with van der Waals surface area (Å²) < 4.78 is 0. The fourth-order valence-electron chi connectivity index (χ4n) is 1.39. The summed E-state index contributed by atoms with van der Waals surface area (Å²) in [4.78, 5) is 0. The maximum absolute atomic E-state index is 2.27. The van der Waals surface area contributed by atoms with Gasteiger partial charge in [0.1, 0.15) is 0 Å². The maximum Gasteiger partial charge on any atom is -0.0351 e. The highest BCUT2D eigenvalue weighted by Crippen LogP contribution is 2.08. The molecule has 0 saturated carbocycles. The molecule has 0 amide bonds. The van der Waals surface area contributed by atoms with Gasteiger partial charge in [0.25, 0.3) is 0 Å². The average molecular weight is 168 g/mol. The molecule has 0 rings (SSSR count). The summed E-state index contributed by atoms with van der Waals surface area (Å²) in [6.07, 6.45) is 15.6. The van der Waals surface area contributed by atoms with Gasteiger partial charge in [-0.05, 0) is 19.8 Å². The van der Waals surface area contributed by atoms with E-state index in [0.717, 1.165) is 0 Å². The zero-order chi connectivity index (χ0) is 9.07. The van der Waals surface area contributed by atoms with Crippen LogP contribution in [0.2, 0.25) is 0 Å². The van der Waals surface area contributed by atoms with Gasteiger partial charge in [-0.1, -0.05) is 57.6 Å². The van der Waals surface area contributed by atoms with Crippen molar-refractivity contribution in [3.8, 4) is 0 Å². The Morgan fingerprint density at radius 3 is 2.00 bits per heavy atom. The lowest BCUT2D eigenvalue weighted by molar-refractivity contribution is 0.592. The maximum atomic E-state index is 2.27. The third kappa shape index (κ3) is 9.74. The van der Waals surface area contributed by atoms with Gasteiger partial charge in [-0.15, -0.1) is 0 Å². The van der Waals surface area contributed by atoms with Crippen LogP contribution in [0.5, 0.6) is 0 Å². The van der Waals surface area contributed by atoms with Crippen LogP contribution in [-0.4, -0.2) is 0 Å².